The molecule has 6 aliphatic rings. The molecule has 1 aliphatic heterocycles. The van der Waals surface area contributed by atoms with Crippen LogP contribution in [-0.4, -0.2) is 83.7 Å². The van der Waals surface area contributed by atoms with Crippen LogP contribution in [0.3, 0.4) is 0 Å². The summed E-state index contributed by atoms with van der Waals surface area (Å²) in [6.45, 7) is 6.31. The van der Waals surface area contributed by atoms with E-state index >= 15 is 0 Å². The summed E-state index contributed by atoms with van der Waals surface area (Å²) in [7, 11) is 1.70. The van der Waals surface area contributed by atoms with Crippen molar-refractivity contribution in [3.63, 3.8) is 0 Å². The zero-order valence-electron chi connectivity index (χ0n) is 28.7. The highest BCUT2D eigenvalue weighted by Crippen LogP contribution is 2.77. The van der Waals surface area contributed by atoms with Crippen LogP contribution in [0.2, 0.25) is 0 Å². The van der Waals surface area contributed by atoms with Crippen molar-refractivity contribution in [3.8, 4) is 0 Å². The van der Waals surface area contributed by atoms with Crippen LogP contribution in [0.15, 0.2) is 52.7 Å². The third kappa shape index (κ3) is 5.63. The molecule has 10 atom stereocenters. The van der Waals surface area contributed by atoms with Crippen LogP contribution in [-0.2, 0) is 9.53 Å². The number of allylic oxidation sites excluding steroid dienone is 4. The largest absolute Gasteiger partial charge is 0.478 e. The molecule has 0 amide bonds. The maximum absolute atomic E-state index is 13.4. The normalized spacial score (nSPS) is 40.7. The smallest absolute Gasteiger partial charge is 0.334 e. The second-order valence-electron chi connectivity index (χ2n) is 15.5. The Balaban J connectivity index is 1.38. The van der Waals surface area contributed by atoms with Crippen molar-refractivity contribution >= 4 is 11.9 Å². The summed E-state index contributed by atoms with van der Waals surface area (Å²) in [4.78, 5) is 19.7. The van der Waals surface area contributed by atoms with Crippen molar-refractivity contribution in [1.29, 1.82) is 0 Å². The summed E-state index contributed by atoms with van der Waals surface area (Å²) in [6.07, 6.45) is 22.9. The van der Waals surface area contributed by atoms with Gasteiger partial charge in [0.05, 0.1) is 24.9 Å². The summed E-state index contributed by atoms with van der Waals surface area (Å²) in [5, 5.41) is 36.8. The summed E-state index contributed by atoms with van der Waals surface area (Å²) >= 11 is 0. The number of rotatable bonds is 12. The van der Waals surface area contributed by atoms with Crippen molar-refractivity contribution in [2.75, 3.05) is 39.9 Å². The highest BCUT2D eigenvalue weighted by Gasteiger charge is 2.75. The first kappa shape index (κ1) is 34.4. The third-order valence-electron chi connectivity index (χ3n) is 13.4. The van der Waals surface area contributed by atoms with Gasteiger partial charge in [0.2, 0.25) is 0 Å². The molecule has 0 aromatic heterocycles. The monoisotopic (exact) mass is 650 g/mol. The van der Waals surface area contributed by atoms with Crippen LogP contribution >= 0.6 is 0 Å². The molecule has 0 saturated heterocycles. The Hall–Kier alpha value is -2.46. The maximum Gasteiger partial charge on any atom is 0.334 e. The molecule has 47 heavy (non-hydrogen) atoms. The lowest BCUT2D eigenvalue weighted by molar-refractivity contribution is -0.148. The number of fused-ring (bicyclic) bond motifs is 1. The van der Waals surface area contributed by atoms with Crippen LogP contribution in [0, 0.1) is 46.3 Å². The van der Waals surface area contributed by atoms with E-state index in [-0.39, 0.29) is 54.0 Å². The van der Waals surface area contributed by atoms with E-state index < -0.39 is 17.0 Å². The Bertz CT molecular complexity index is 1320. The third-order valence-corrected chi connectivity index (χ3v) is 13.4. The van der Waals surface area contributed by atoms with Gasteiger partial charge in [-0.25, -0.2) is 4.79 Å². The number of hydrogen-bond donors (Lipinski definition) is 5. The number of nitrogens with two attached hydrogens (primary N) is 1. The average molecular weight is 651 g/mol. The average Bonchev–Trinajstić information content (AvgIpc) is 3.41. The van der Waals surface area contributed by atoms with Crippen LogP contribution in [0.1, 0.15) is 78.1 Å². The number of carboxylic acids is 1. The van der Waals surface area contributed by atoms with Crippen LogP contribution < -0.4 is 11.1 Å². The number of aliphatic carboxylic acids is 1. The minimum Gasteiger partial charge on any atom is -0.478 e. The van der Waals surface area contributed by atoms with Crippen molar-refractivity contribution in [2.45, 2.75) is 89.8 Å². The zero-order chi connectivity index (χ0) is 33.4. The van der Waals surface area contributed by atoms with Gasteiger partial charge in [0.25, 0.3) is 0 Å². The van der Waals surface area contributed by atoms with E-state index in [1.165, 1.54) is 12.8 Å². The molecule has 3 fully saturated rings. The van der Waals surface area contributed by atoms with Gasteiger partial charge in [0.1, 0.15) is 5.60 Å². The quantitative estimate of drug-likeness (QED) is 0.117. The molecule has 1 heterocycles. The Morgan fingerprint density at radius 1 is 1.17 bits per heavy atom. The van der Waals surface area contributed by atoms with E-state index in [1.54, 1.807) is 7.05 Å². The number of aliphatic hydroxyl groups excluding tert-OH is 1. The molecule has 3 saturated carbocycles. The van der Waals surface area contributed by atoms with E-state index in [0.717, 1.165) is 44.1 Å². The predicted molar refractivity (Wildman–Crippen MR) is 184 cm³/mol. The molecule has 6 N–H and O–H groups in total. The van der Waals surface area contributed by atoms with Crippen molar-refractivity contribution in [1.82, 2.24) is 10.2 Å². The van der Waals surface area contributed by atoms with E-state index in [9.17, 15) is 20.1 Å². The molecule has 6 rings (SSSR count). The SMILES string of the molecule is CCCCC[C@H]1CC[C@@H]2C=CC=C[C@@H]2[C@@H]1OC[C@]1(O)C[C@@]23C(=C1C(=O)O)C[C@@H](CC[C@H]2C)[C@@]31CN(C(N)=NC)C=C[C@@H]1CNCCO. The number of ether oxygens (including phenoxy) is 1. The van der Waals surface area contributed by atoms with Gasteiger partial charge in [0, 0.05) is 49.6 Å². The molecule has 9 heteroatoms. The summed E-state index contributed by atoms with van der Waals surface area (Å²) in [5.74, 6) is 0.944. The highest BCUT2D eigenvalue weighted by molar-refractivity contribution is 5.92. The first-order valence-electron chi connectivity index (χ1n) is 18.3. The lowest BCUT2D eigenvalue weighted by Crippen LogP contribution is -2.62. The van der Waals surface area contributed by atoms with Crippen molar-refractivity contribution in [2.24, 2.45) is 57.1 Å². The standard InChI is InChI=1S/C38H58N4O5/c1-4-5-6-10-27-14-13-26-9-7-8-11-30(26)33(27)47-24-36(46)22-37-25(2)12-15-28(20-31(37)32(36)34(44)45)38(37)23-42(35(39)40-3)18-16-29(38)21-41-17-19-43/h7-9,11,16,18,25-30,33,41,43,46H,4-6,10,12-15,17,19-24H2,1-3H3,(H2,39,40)(H,44,45)/t25-,26+,27+,28-,29-,30+,33-,36-,37+,38-/m1/s1. The molecule has 0 radical (unpaired) electrons. The molecule has 2 spiro atoms. The number of unbranched alkanes of at least 4 members (excludes halogenated alkanes) is 2. The number of carbonyl (C=O) groups is 1. The minimum absolute atomic E-state index is 0.00535. The number of aliphatic imine (C=N–C) groups is 1. The minimum atomic E-state index is -1.60. The van der Waals surface area contributed by atoms with Crippen molar-refractivity contribution < 1.29 is 24.9 Å². The molecular weight excluding hydrogens is 592 g/mol. The second kappa shape index (κ2) is 13.8. The van der Waals surface area contributed by atoms with Gasteiger partial charge in [-0.1, -0.05) is 63.5 Å². The zero-order valence-corrected chi connectivity index (χ0v) is 28.7. The summed E-state index contributed by atoms with van der Waals surface area (Å²) < 4.78 is 6.92. The van der Waals surface area contributed by atoms with Gasteiger partial charge in [-0.15, -0.1) is 0 Å². The van der Waals surface area contributed by atoms with Crippen LogP contribution in [0.5, 0.6) is 0 Å². The number of aliphatic hydroxyl groups is 2. The molecule has 260 valence electrons. The Labute approximate surface area is 281 Å². The fourth-order valence-corrected chi connectivity index (χ4v) is 11.4. The first-order valence-corrected chi connectivity index (χ1v) is 18.3. The number of guanidine groups is 1. The first-order chi connectivity index (χ1) is 22.7. The molecular formula is C38H58N4O5. The van der Waals surface area contributed by atoms with Gasteiger partial charge in [-0.05, 0) is 80.1 Å². The lowest BCUT2D eigenvalue weighted by atomic mass is 9.46. The van der Waals surface area contributed by atoms with Crippen LogP contribution in [0.4, 0.5) is 0 Å². The van der Waals surface area contributed by atoms with Gasteiger partial charge in [0.15, 0.2) is 5.96 Å². The van der Waals surface area contributed by atoms with E-state index in [4.69, 9.17) is 10.5 Å². The van der Waals surface area contributed by atoms with E-state index in [2.05, 4.69) is 54.5 Å². The molecule has 2 bridgehead atoms. The fourth-order valence-electron chi connectivity index (χ4n) is 11.4. The van der Waals surface area contributed by atoms with Gasteiger partial charge >= 0.3 is 5.97 Å². The summed E-state index contributed by atoms with van der Waals surface area (Å²) in [5.41, 5.74) is 5.06. The lowest BCUT2D eigenvalue weighted by Gasteiger charge is -2.61. The van der Waals surface area contributed by atoms with Crippen molar-refractivity contribution in [3.05, 3.63) is 47.7 Å². The molecule has 0 aromatic carbocycles. The molecule has 0 unspecified atom stereocenters. The Kier molecular flexibility index (Phi) is 10.1. The van der Waals surface area contributed by atoms with Gasteiger partial charge in [-0.2, -0.15) is 0 Å². The predicted octanol–water partition coefficient (Wildman–Crippen LogP) is 4.63. The highest BCUT2D eigenvalue weighted by atomic mass is 16.5. The van der Waals surface area contributed by atoms with E-state index in [0.29, 0.717) is 50.3 Å². The Morgan fingerprint density at radius 3 is 2.72 bits per heavy atom. The maximum atomic E-state index is 13.4. The van der Waals surface area contributed by atoms with Crippen LogP contribution in [0.25, 0.3) is 0 Å². The Morgan fingerprint density at radius 2 is 1.98 bits per heavy atom. The number of nitrogens with one attached hydrogen (secondary N) is 1. The second-order valence-corrected chi connectivity index (χ2v) is 15.5. The van der Waals surface area contributed by atoms with Gasteiger partial charge in [-0.3, -0.25) is 4.99 Å². The molecule has 0 aromatic rings. The van der Waals surface area contributed by atoms with Gasteiger partial charge < -0.3 is 36.0 Å². The topological polar surface area (TPSA) is 141 Å². The number of nitrogens with zero attached hydrogens (tertiary/aromatic N) is 2. The number of hydrogen-bond acceptors (Lipinski definition) is 6. The number of carboxylic acid groups (broad SMARTS) is 1. The summed E-state index contributed by atoms with van der Waals surface area (Å²) in [6, 6.07) is 0. The van der Waals surface area contributed by atoms with E-state index in [1.807, 2.05) is 11.1 Å². The fraction of sp³-hybridized carbons (Fsp3) is 0.737. The molecule has 9 nitrogen and oxygen atoms in total. The molecule has 5 aliphatic carbocycles.